The van der Waals surface area contributed by atoms with Crippen LogP contribution >= 0.6 is 0 Å². The normalized spacial score (nSPS) is 19.5. The summed E-state index contributed by atoms with van der Waals surface area (Å²) in [7, 11) is 0. The molecule has 0 aromatic carbocycles. The topological polar surface area (TPSA) is 78.4 Å². The van der Waals surface area contributed by atoms with Crippen molar-refractivity contribution in [3.05, 3.63) is 0 Å². The minimum atomic E-state index is -1.14. The lowest BCUT2D eigenvalue weighted by Gasteiger charge is -2.32. The largest absolute Gasteiger partial charge is 0.480 e. The molecule has 98 valence electrons. The Morgan fingerprint density at radius 1 is 1.29 bits per heavy atom. The standard InChI is InChI=1S/C12H22N2O3/c1-5-13-11(2,3)9(15)14-12(4,10(16)17)8-6-7-8/h8,13H,5-7H2,1-4H3,(H,14,15)(H,16,17). The molecule has 0 aliphatic heterocycles. The van der Waals surface area contributed by atoms with Crippen LogP contribution in [0.2, 0.25) is 0 Å². The molecular weight excluding hydrogens is 220 g/mol. The van der Waals surface area contributed by atoms with E-state index in [2.05, 4.69) is 10.6 Å². The first kappa shape index (κ1) is 14.0. The van der Waals surface area contributed by atoms with Gasteiger partial charge in [0.1, 0.15) is 5.54 Å². The maximum absolute atomic E-state index is 12.1. The fourth-order valence-corrected chi connectivity index (χ4v) is 1.91. The SMILES string of the molecule is CCNC(C)(C)C(=O)NC(C)(C(=O)O)C1CC1. The number of amides is 1. The van der Waals surface area contributed by atoms with E-state index in [1.165, 1.54) is 0 Å². The van der Waals surface area contributed by atoms with Crippen molar-refractivity contribution < 1.29 is 14.7 Å². The van der Waals surface area contributed by atoms with Gasteiger partial charge in [-0.3, -0.25) is 4.79 Å². The number of carboxylic acid groups (broad SMARTS) is 1. The van der Waals surface area contributed by atoms with E-state index in [9.17, 15) is 14.7 Å². The van der Waals surface area contributed by atoms with Gasteiger partial charge in [0.15, 0.2) is 0 Å². The van der Waals surface area contributed by atoms with Gasteiger partial charge >= 0.3 is 5.97 Å². The molecular formula is C12H22N2O3. The van der Waals surface area contributed by atoms with Crippen LogP contribution in [0.4, 0.5) is 0 Å². The third-order valence-electron chi connectivity index (χ3n) is 3.40. The zero-order valence-corrected chi connectivity index (χ0v) is 11.0. The van der Waals surface area contributed by atoms with Crippen LogP contribution in [0.25, 0.3) is 0 Å². The van der Waals surface area contributed by atoms with E-state index in [1.54, 1.807) is 20.8 Å². The van der Waals surface area contributed by atoms with Crippen LogP contribution in [0.5, 0.6) is 0 Å². The van der Waals surface area contributed by atoms with E-state index in [0.717, 1.165) is 12.8 Å². The van der Waals surface area contributed by atoms with Crippen LogP contribution in [-0.4, -0.2) is 34.6 Å². The van der Waals surface area contributed by atoms with E-state index in [0.29, 0.717) is 6.54 Å². The predicted molar refractivity (Wildman–Crippen MR) is 64.7 cm³/mol. The number of rotatable bonds is 6. The lowest BCUT2D eigenvalue weighted by Crippen LogP contribution is -2.62. The Morgan fingerprint density at radius 3 is 2.18 bits per heavy atom. The molecule has 0 bridgehead atoms. The molecule has 3 N–H and O–H groups in total. The van der Waals surface area contributed by atoms with Gasteiger partial charge < -0.3 is 15.7 Å². The molecule has 1 saturated carbocycles. The summed E-state index contributed by atoms with van der Waals surface area (Å²) >= 11 is 0. The molecule has 1 rings (SSSR count). The van der Waals surface area contributed by atoms with Crippen molar-refractivity contribution in [1.82, 2.24) is 10.6 Å². The van der Waals surface area contributed by atoms with E-state index in [-0.39, 0.29) is 11.8 Å². The number of aliphatic carboxylic acids is 1. The van der Waals surface area contributed by atoms with Crippen molar-refractivity contribution in [1.29, 1.82) is 0 Å². The first-order valence-electron chi connectivity index (χ1n) is 6.05. The van der Waals surface area contributed by atoms with Gasteiger partial charge in [-0.2, -0.15) is 0 Å². The fraction of sp³-hybridized carbons (Fsp3) is 0.833. The second-order valence-corrected chi connectivity index (χ2v) is 5.39. The minimum Gasteiger partial charge on any atom is -0.480 e. The summed E-state index contributed by atoms with van der Waals surface area (Å²) in [6.45, 7) is 7.66. The summed E-state index contributed by atoms with van der Waals surface area (Å²) in [5.41, 5.74) is -1.88. The number of likely N-dealkylation sites (N-methyl/N-ethyl adjacent to an activating group) is 1. The highest BCUT2D eigenvalue weighted by atomic mass is 16.4. The van der Waals surface area contributed by atoms with Gasteiger partial charge in [-0.15, -0.1) is 0 Å². The Bertz CT molecular complexity index is 324. The molecule has 1 fully saturated rings. The first-order valence-corrected chi connectivity index (χ1v) is 6.05. The number of carboxylic acids is 1. The number of hydrogen-bond acceptors (Lipinski definition) is 3. The van der Waals surface area contributed by atoms with Crippen molar-refractivity contribution in [3.63, 3.8) is 0 Å². The predicted octanol–water partition coefficient (Wildman–Crippen LogP) is 0.744. The van der Waals surface area contributed by atoms with Gasteiger partial charge in [-0.05, 0) is 46.1 Å². The summed E-state index contributed by atoms with van der Waals surface area (Å²) in [4.78, 5) is 23.4. The van der Waals surface area contributed by atoms with Crippen LogP contribution in [0.3, 0.4) is 0 Å². The average molecular weight is 242 g/mol. The molecule has 1 unspecified atom stereocenters. The van der Waals surface area contributed by atoms with Gasteiger partial charge in [0.2, 0.25) is 5.91 Å². The number of carbonyl (C=O) groups is 2. The maximum Gasteiger partial charge on any atom is 0.329 e. The van der Waals surface area contributed by atoms with Crippen molar-refractivity contribution in [2.45, 2.75) is 51.6 Å². The van der Waals surface area contributed by atoms with Crippen LogP contribution in [0.1, 0.15) is 40.5 Å². The smallest absolute Gasteiger partial charge is 0.329 e. The zero-order chi connectivity index (χ0) is 13.3. The summed E-state index contributed by atoms with van der Waals surface area (Å²) in [5.74, 6) is -1.17. The fourth-order valence-electron chi connectivity index (χ4n) is 1.91. The third-order valence-corrected chi connectivity index (χ3v) is 3.40. The quantitative estimate of drug-likeness (QED) is 0.642. The second kappa shape index (κ2) is 4.64. The highest BCUT2D eigenvalue weighted by Gasteiger charge is 2.49. The molecule has 1 amide bonds. The monoisotopic (exact) mass is 242 g/mol. The summed E-state index contributed by atoms with van der Waals surface area (Å²) in [5, 5.41) is 15.0. The van der Waals surface area contributed by atoms with Gasteiger partial charge in [0.05, 0.1) is 5.54 Å². The first-order chi connectivity index (χ1) is 7.74. The minimum absolute atomic E-state index is 0.0568. The van der Waals surface area contributed by atoms with Crippen molar-refractivity contribution in [2.24, 2.45) is 5.92 Å². The van der Waals surface area contributed by atoms with Gasteiger partial charge in [-0.25, -0.2) is 4.79 Å². The number of carbonyl (C=O) groups excluding carboxylic acids is 1. The maximum atomic E-state index is 12.1. The molecule has 0 aromatic heterocycles. The van der Waals surface area contributed by atoms with Gasteiger partial charge in [0.25, 0.3) is 0 Å². The highest BCUT2D eigenvalue weighted by Crippen LogP contribution is 2.39. The van der Waals surface area contributed by atoms with Crippen LogP contribution in [-0.2, 0) is 9.59 Å². The molecule has 0 heterocycles. The lowest BCUT2D eigenvalue weighted by atomic mass is 9.93. The van der Waals surface area contributed by atoms with Crippen molar-refractivity contribution >= 4 is 11.9 Å². The Balaban J connectivity index is 2.74. The molecule has 5 heteroatoms. The molecule has 1 aliphatic carbocycles. The van der Waals surface area contributed by atoms with E-state index in [1.807, 2.05) is 6.92 Å². The van der Waals surface area contributed by atoms with Crippen LogP contribution < -0.4 is 10.6 Å². The number of nitrogens with one attached hydrogen (secondary N) is 2. The lowest BCUT2D eigenvalue weighted by molar-refractivity contribution is -0.148. The Morgan fingerprint density at radius 2 is 1.82 bits per heavy atom. The molecule has 5 nitrogen and oxygen atoms in total. The molecule has 1 aliphatic rings. The van der Waals surface area contributed by atoms with Gasteiger partial charge in [-0.1, -0.05) is 6.92 Å². The van der Waals surface area contributed by atoms with Crippen LogP contribution in [0.15, 0.2) is 0 Å². The second-order valence-electron chi connectivity index (χ2n) is 5.39. The molecule has 0 saturated heterocycles. The zero-order valence-electron chi connectivity index (χ0n) is 11.0. The average Bonchev–Trinajstić information content (AvgIpc) is 3.00. The summed E-state index contributed by atoms with van der Waals surface area (Å²) in [6.07, 6.45) is 1.73. The van der Waals surface area contributed by atoms with Gasteiger partial charge in [0, 0.05) is 0 Å². The van der Waals surface area contributed by atoms with E-state index in [4.69, 9.17) is 0 Å². The van der Waals surface area contributed by atoms with E-state index >= 15 is 0 Å². The van der Waals surface area contributed by atoms with Crippen molar-refractivity contribution in [2.75, 3.05) is 6.54 Å². The molecule has 0 radical (unpaired) electrons. The molecule has 0 aromatic rings. The molecule has 17 heavy (non-hydrogen) atoms. The summed E-state index contributed by atoms with van der Waals surface area (Å²) < 4.78 is 0. The van der Waals surface area contributed by atoms with Crippen LogP contribution in [0, 0.1) is 5.92 Å². The summed E-state index contributed by atoms with van der Waals surface area (Å²) in [6, 6.07) is 0. The third kappa shape index (κ3) is 2.97. The van der Waals surface area contributed by atoms with Crippen molar-refractivity contribution in [3.8, 4) is 0 Å². The molecule has 1 atom stereocenters. The molecule has 0 spiro atoms. The highest BCUT2D eigenvalue weighted by molar-refractivity contribution is 5.91. The number of hydrogen-bond donors (Lipinski definition) is 3. The van der Waals surface area contributed by atoms with E-state index < -0.39 is 17.0 Å². The Labute approximate surface area is 102 Å². The Hall–Kier alpha value is -1.10. The Kier molecular flexibility index (Phi) is 3.81.